The third kappa shape index (κ3) is 2.93. The van der Waals surface area contributed by atoms with Crippen LogP contribution < -0.4 is 5.32 Å². The molecule has 0 aromatic carbocycles. The van der Waals surface area contributed by atoms with Gasteiger partial charge in [-0.3, -0.25) is 4.99 Å². The number of nitrogens with zero attached hydrogens (tertiary/aromatic N) is 1. The number of rotatable bonds is 3. The summed E-state index contributed by atoms with van der Waals surface area (Å²) in [5.41, 5.74) is 0.349. The van der Waals surface area contributed by atoms with E-state index >= 15 is 0 Å². The number of hydrogen-bond acceptors (Lipinski definition) is 2. The molecule has 2 atom stereocenters. The largest absolute Gasteiger partial charge is 0.362 e. The molecule has 2 aliphatic rings. The van der Waals surface area contributed by atoms with Gasteiger partial charge in [0, 0.05) is 18.3 Å². The Morgan fingerprint density at radius 3 is 3.00 bits per heavy atom. The Morgan fingerprint density at radius 1 is 1.44 bits per heavy atom. The highest BCUT2D eigenvalue weighted by Gasteiger charge is 2.32. The standard InChI is InChI=1S/C13H24N2S/c1-4-13(2,3)9-14-12-15-11-7-5-6-10(11)8-16-12/h10-11H,4-9H2,1-3H3,(H,14,15). The van der Waals surface area contributed by atoms with Crippen molar-refractivity contribution < 1.29 is 0 Å². The maximum Gasteiger partial charge on any atom is 0.156 e. The predicted octanol–water partition coefficient (Wildman–Crippen LogP) is 3.28. The number of nitrogens with one attached hydrogen (secondary N) is 1. The van der Waals surface area contributed by atoms with E-state index in [9.17, 15) is 0 Å². The minimum absolute atomic E-state index is 0.349. The Morgan fingerprint density at radius 2 is 2.25 bits per heavy atom. The van der Waals surface area contributed by atoms with Gasteiger partial charge < -0.3 is 5.32 Å². The molecule has 1 saturated carbocycles. The summed E-state index contributed by atoms with van der Waals surface area (Å²) >= 11 is 1.93. The zero-order chi connectivity index (χ0) is 11.6. The number of amidine groups is 1. The lowest BCUT2D eigenvalue weighted by atomic mass is 9.91. The van der Waals surface area contributed by atoms with E-state index in [1.165, 1.54) is 36.6 Å². The topological polar surface area (TPSA) is 24.4 Å². The van der Waals surface area contributed by atoms with Crippen molar-refractivity contribution in [2.24, 2.45) is 16.3 Å². The zero-order valence-electron chi connectivity index (χ0n) is 10.8. The van der Waals surface area contributed by atoms with Crippen LogP contribution in [-0.4, -0.2) is 23.5 Å². The highest BCUT2D eigenvalue weighted by molar-refractivity contribution is 8.13. The highest BCUT2D eigenvalue weighted by Crippen LogP contribution is 2.33. The van der Waals surface area contributed by atoms with E-state index in [1.54, 1.807) is 0 Å². The highest BCUT2D eigenvalue weighted by atomic mass is 32.2. The normalized spacial score (nSPS) is 32.6. The molecular weight excluding hydrogens is 216 g/mol. The average molecular weight is 240 g/mol. The first-order valence-corrected chi connectivity index (χ1v) is 7.53. The molecule has 2 unspecified atom stereocenters. The number of aliphatic imine (C=N–C) groups is 1. The van der Waals surface area contributed by atoms with Crippen LogP contribution >= 0.6 is 11.8 Å². The average Bonchev–Trinajstić information content (AvgIpc) is 2.73. The predicted molar refractivity (Wildman–Crippen MR) is 73.1 cm³/mol. The quantitative estimate of drug-likeness (QED) is 0.818. The molecule has 0 aromatic heterocycles. The lowest BCUT2D eigenvalue weighted by molar-refractivity contribution is 0.365. The van der Waals surface area contributed by atoms with Crippen molar-refractivity contribution in [3.8, 4) is 0 Å². The molecule has 1 N–H and O–H groups in total. The lowest BCUT2D eigenvalue weighted by Crippen LogP contribution is -2.41. The van der Waals surface area contributed by atoms with E-state index < -0.39 is 0 Å². The summed E-state index contributed by atoms with van der Waals surface area (Å²) in [6.07, 6.45) is 5.36. The minimum Gasteiger partial charge on any atom is -0.362 e. The van der Waals surface area contributed by atoms with Crippen LogP contribution in [0, 0.1) is 11.3 Å². The van der Waals surface area contributed by atoms with Crippen LogP contribution in [-0.2, 0) is 0 Å². The van der Waals surface area contributed by atoms with E-state index in [0.29, 0.717) is 5.41 Å². The first kappa shape index (κ1) is 12.3. The van der Waals surface area contributed by atoms with Gasteiger partial charge in [0.15, 0.2) is 5.17 Å². The number of thioether (sulfide) groups is 1. The summed E-state index contributed by atoms with van der Waals surface area (Å²) in [5.74, 6) is 2.19. The summed E-state index contributed by atoms with van der Waals surface area (Å²) in [6, 6.07) is 0.727. The SMILES string of the molecule is CCC(C)(C)CN=C1NC2CCCC2CS1. The fourth-order valence-electron chi connectivity index (χ4n) is 2.30. The molecular formula is C13H24N2S. The van der Waals surface area contributed by atoms with Crippen molar-refractivity contribution in [3.05, 3.63) is 0 Å². The van der Waals surface area contributed by atoms with Crippen LogP contribution in [0.5, 0.6) is 0 Å². The molecule has 0 radical (unpaired) electrons. The van der Waals surface area contributed by atoms with Crippen LogP contribution in [0.4, 0.5) is 0 Å². The van der Waals surface area contributed by atoms with Gasteiger partial charge in [0.2, 0.25) is 0 Å². The molecule has 0 spiro atoms. The Balaban J connectivity index is 1.88. The molecule has 1 aliphatic heterocycles. The fraction of sp³-hybridized carbons (Fsp3) is 0.923. The first-order valence-electron chi connectivity index (χ1n) is 6.54. The second kappa shape index (κ2) is 4.99. The van der Waals surface area contributed by atoms with Crippen LogP contribution in [0.3, 0.4) is 0 Å². The van der Waals surface area contributed by atoms with E-state index in [1.807, 2.05) is 11.8 Å². The molecule has 0 bridgehead atoms. The van der Waals surface area contributed by atoms with Gasteiger partial charge in [0.25, 0.3) is 0 Å². The van der Waals surface area contributed by atoms with Gasteiger partial charge >= 0.3 is 0 Å². The van der Waals surface area contributed by atoms with E-state index in [-0.39, 0.29) is 0 Å². The second-order valence-electron chi connectivity index (χ2n) is 5.89. The molecule has 0 amide bonds. The Kier molecular flexibility index (Phi) is 3.83. The van der Waals surface area contributed by atoms with Gasteiger partial charge in [-0.2, -0.15) is 0 Å². The van der Waals surface area contributed by atoms with Gasteiger partial charge in [-0.1, -0.05) is 39.0 Å². The van der Waals surface area contributed by atoms with Gasteiger partial charge in [-0.25, -0.2) is 0 Å². The molecule has 2 rings (SSSR count). The molecule has 2 nitrogen and oxygen atoms in total. The van der Waals surface area contributed by atoms with Gasteiger partial charge in [0.05, 0.1) is 0 Å². The molecule has 3 heteroatoms. The van der Waals surface area contributed by atoms with E-state index in [4.69, 9.17) is 4.99 Å². The summed E-state index contributed by atoms with van der Waals surface area (Å²) < 4.78 is 0. The van der Waals surface area contributed by atoms with Crippen LogP contribution in [0.25, 0.3) is 0 Å². The summed E-state index contributed by atoms with van der Waals surface area (Å²) in [7, 11) is 0. The van der Waals surface area contributed by atoms with Crippen molar-refractivity contribution in [2.45, 2.75) is 52.5 Å². The summed E-state index contributed by atoms with van der Waals surface area (Å²) in [4.78, 5) is 4.75. The molecule has 16 heavy (non-hydrogen) atoms. The van der Waals surface area contributed by atoms with Crippen molar-refractivity contribution in [1.82, 2.24) is 5.32 Å². The molecule has 92 valence electrons. The maximum absolute atomic E-state index is 4.75. The van der Waals surface area contributed by atoms with Gasteiger partial charge in [-0.05, 0) is 30.6 Å². The van der Waals surface area contributed by atoms with Crippen molar-refractivity contribution in [1.29, 1.82) is 0 Å². The molecule has 1 heterocycles. The maximum atomic E-state index is 4.75. The van der Waals surface area contributed by atoms with Crippen LogP contribution in [0.15, 0.2) is 4.99 Å². The van der Waals surface area contributed by atoms with Crippen molar-refractivity contribution >= 4 is 16.9 Å². The van der Waals surface area contributed by atoms with Gasteiger partial charge in [-0.15, -0.1) is 0 Å². The molecule has 0 aromatic rings. The van der Waals surface area contributed by atoms with Crippen molar-refractivity contribution in [3.63, 3.8) is 0 Å². The third-order valence-corrected chi connectivity index (χ3v) is 5.13. The Labute approximate surface area is 104 Å². The summed E-state index contributed by atoms with van der Waals surface area (Å²) in [6.45, 7) is 7.79. The third-order valence-electron chi connectivity index (χ3n) is 4.01. The number of fused-ring (bicyclic) bond motifs is 1. The Bertz CT molecular complexity index is 273. The second-order valence-corrected chi connectivity index (χ2v) is 6.90. The smallest absolute Gasteiger partial charge is 0.156 e. The zero-order valence-corrected chi connectivity index (χ0v) is 11.6. The minimum atomic E-state index is 0.349. The van der Waals surface area contributed by atoms with Gasteiger partial charge in [0.1, 0.15) is 0 Å². The molecule has 1 aliphatic carbocycles. The summed E-state index contributed by atoms with van der Waals surface area (Å²) in [5, 5.41) is 4.82. The molecule has 2 fully saturated rings. The first-order chi connectivity index (χ1) is 7.61. The Hall–Kier alpha value is -0.180. The van der Waals surface area contributed by atoms with Crippen molar-refractivity contribution in [2.75, 3.05) is 12.3 Å². The van der Waals surface area contributed by atoms with Crippen LogP contribution in [0.1, 0.15) is 46.5 Å². The molecule has 1 saturated heterocycles. The van der Waals surface area contributed by atoms with E-state index in [0.717, 1.165) is 18.5 Å². The monoisotopic (exact) mass is 240 g/mol. The lowest BCUT2D eigenvalue weighted by Gasteiger charge is -2.29. The fourth-order valence-corrected chi connectivity index (χ4v) is 3.46. The van der Waals surface area contributed by atoms with Crippen LogP contribution in [0.2, 0.25) is 0 Å². The number of hydrogen-bond donors (Lipinski definition) is 1. The van der Waals surface area contributed by atoms with E-state index in [2.05, 4.69) is 26.1 Å².